The average Bonchev–Trinajstić information content (AvgIpc) is 3.16. The van der Waals surface area contributed by atoms with Gasteiger partial charge >= 0.3 is 0 Å². The van der Waals surface area contributed by atoms with Crippen LogP contribution in [0.3, 0.4) is 0 Å². The molecular weight excluding hydrogens is 357 g/mol. The van der Waals surface area contributed by atoms with Crippen LogP contribution in [-0.4, -0.2) is 30.8 Å². The number of nitrogens with one attached hydrogen (secondary N) is 1. The monoisotopic (exact) mass is 375 g/mol. The zero-order chi connectivity index (χ0) is 20.1. The summed E-state index contributed by atoms with van der Waals surface area (Å²) in [6.45, 7) is 0. The third kappa shape index (κ3) is 4.07. The maximum atomic E-state index is 13.9. The Morgan fingerprint density at radius 1 is 1.21 bits per heavy atom. The molecule has 2 aromatic carbocycles. The summed E-state index contributed by atoms with van der Waals surface area (Å²) in [6.07, 6.45) is 3.37. The summed E-state index contributed by atoms with van der Waals surface area (Å²) < 4.78 is 15.8. The van der Waals surface area contributed by atoms with Gasteiger partial charge in [-0.3, -0.25) is 4.79 Å². The van der Waals surface area contributed by atoms with Crippen molar-refractivity contribution in [3.63, 3.8) is 0 Å². The molecule has 0 atom stereocenters. The predicted molar refractivity (Wildman–Crippen MR) is 106 cm³/mol. The van der Waals surface area contributed by atoms with Gasteiger partial charge in [-0.25, -0.2) is 9.82 Å². The van der Waals surface area contributed by atoms with E-state index in [1.807, 2.05) is 72.2 Å². The maximum absolute atomic E-state index is 13.9. The van der Waals surface area contributed by atoms with E-state index in [4.69, 9.17) is 5.26 Å². The molecule has 0 fully saturated rings. The fourth-order valence-electron chi connectivity index (χ4n) is 2.63. The Kier molecular flexibility index (Phi) is 5.51. The second-order valence-electron chi connectivity index (χ2n) is 6.22. The van der Waals surface area contributed by atoms with Crippen LogP contribution in [0.5, 0.6) is 0 Å². The lowest BCUT2D eigenvalue weighted by molar-refractivity contribution is 0.0951. The normalized spacial score (nSPS) is 10.6. The Morgan fingerprint density at radius 3 is 2.61 bits per heavy atom. The van der Waals surface area contributed by atoms with Crippen molar-refractivity contribution in [2.45, 2.75) is 0 Å². The fourth-order valence-corrected chi connectivity index (χ4v) is 2.63. The molecular formula is C21H18FN5O. The molecule has 0 saturated carbocycles. The van der Waals surface area contributed by atoms with Gasteiger partial charge in [0.1, 0.15) is 5.82 Å². The highest BCUT2D eigenvalue weighted by molar-refractivity contribution is 5.95. The van der Waals surface area contributed by atoms with Crippen LogP contribution in [0.25, 0.3) is 5.69 Å². The van der Waals surface area contributed by atoms with Crippen LogP contribution in [0.2, 0.25) is 0 Å². The van der Waals surface area contributed by atoms with E-state index in [-0.39, 0.29) is 11.1 Å². The van der Waals surface area contributed by atoms with Crippen LogP contribution in [0.15, 0.2) is 65.9 Å². The predicted octanol–water partition coefficient (Wildman–Crippen LogP) is 3.32. The number of carbonyl (C=O) groups is 1. The molecule has 0 unspecified atom stereocenters. The van der Waals surface area contributed by atoms with Crippen LogP contribution < -0.4 is 10.3 Å². The van der Waals surface area contributed by atoms with Crippen LogP contribution in [-0.2, 0) is 0 Å². The summed E-state index contributed by atoms with van der Waals surface area (Å²) in [6, 6.07) is 17.2. The van der Waals surface area contributed by atoms with Crippen LogP contribution >= 0.6 is 0 Å². The van der Waals surface area contributed by atoms with E-state index < -0.39 is 11.7 Å². The highest BCUT2D eigenvalue weighted by atomic mass is 19.1. The first-order chi connectivity index (χ1) is 13.5. The molecule has 0 spiro atoms. The van der Waals surface area contributed by atoms with Crippen molar-refractivity contribution < 1.29 is 9.18 Å². The number of amides is 1. The van der Waals surface area contributed by atoms with Crippen LogP contribution in [0.1, 0.15) is 21.6 Å². The number of nitrogens with zero attached hydrogens (tertiary/aromatic N) is 4. The molecule has 0 bridgehead atoms. The van der Waals surface area contributed by atoms with Gasteiger partial charge in [0.15, 0.2) is 0 Å². The number of nitriles is 1. The first-order valence-electron chi connectivity index (χ1n) is 8.48. The van der Waals surface area contributed by atoms with E-state index in [9.17, 15) is 9.18 Å². The van der Waals surface area contributed by atoms with E-state index >= 15 is 0 Å². The molecule has 0 saturated heterocycles. The van der Waals surface area contributed by atoms with E-state index in [1.165, 1.54) is 18.3 Å². The Balaban J connectivity index is 1.73. The lowest BCUT2D eigenvalue weighted by atomic mass is 10.1. The quantitative estimate of drug-likeness (QED) is 0.549. The molecule has 3 aromatic rings. The van der Waals surface area contributed by atoms with Gasteiger partial charge < -0.3 is 9.47 Å². The minimum absolute atomic E-state index is 0.149. The topological polar surface area (TPSA) is 73.4 Å². The van der Waals surface area contributed by atoms with Gasteiger partial charge in [-0.1, -0.05) is 0 Å². The van der Waals surface area contributed by atoms with E-state index in [2.05, 4.69) is 10.5 Å². The second kappa shape index (κ2) is 8.18. The van der Waals surface area contributed by atoms with Crippen LogP contribution in [0.4, 0.5) is 10.1 Å². The number of benzene rings is 2. The lowest BCUT2D eigenvalue weighted by Gasteiger charge is -2.13. The van der Waals surface area contributed by atoms with Crippen molar-refractivity contribution in [2.24, 2.45) is 5.10 Å². The van der Waals surface area contributed by atoms with Crippen LogP contribution in [0, 0.1) is 17.1 Å². The van der Waals surface area contributed by atoms with E-state index in [0.717, 1.165) is 23.1 Å². The smallest absolute Gasteiger partial charge is 0.274 e. The molecule has 0 aliphatic heterocycles. The molecule has 140 valence electrons. The maximum Gasteiger partial charge on any atom is 0.274 e. The summed E-state index contributed by atoms with van der Waals surface area (Å²) in [5, 5.41) is 12.7. The largest absolute Gasteiger partial charge is 0.378 e. The number of halogens is 1. The Labute approximate surface area is 162 Å². The number of hydrogen-bond donors (Lipinski definition) is 1. The standard InChI is InChI=1S/C21H18FN5O/c1-26(2)16-6-8-17(9-7-16)27-11-3-4-18(27)14-24-25-21(28)19-10-5-15(13-23)12-20(19)22/h3-12,14H,1-2H3,(H,25,28)/b24-14-. The number of hydrazone groups is 1. The summed E-state index contributed by atoms with van der Waals surface area (Å²) in [5.41, 5.74) is 5.06. The lowest BCUT2D eigenvalue weighted by Crippen LogP contribution is -2.19. The summed E-state index contributed by atoms with van der Waals surface area (Å²) >= 11 is 0. The molecule has 6 nitrogen and oxygen atoms in total. The number of carbonyl (C=O) groups excluding carboxylic acids is 1. The number of aromatic nitrogens is 1. The van der Waals surface area contributed by atoms with Gasteiger partial charge in [-0.15, -0.1) is 0 Å². The Hall–Kier alpha value is -3.92. The van der Waals surface area contributed by atoms with Gasteiger partial charge in [0.05, 0.1) is 29.1 Å². The van der Waals surface area contributed by atoms with Crippen molar-refractivity contribution in [1.82, 2.24) is 9.99 Å². The summed E-state index contributed by atoms with van der Waals surface area (Å²) in [4.78, 5) is 14.1. The van der Waals surface area contributed by atoms with Crippen molar-refractivity contribution >= 4 is 17.8 Å². The zero-order valence-corrected chi connectivity index (χ0v) is 15.4. The van der Waals surface area contributed by atoms with Crippen molar-refractivity contribution in [3.05, 3.63) is 83.4 Å². The van der Waals surface area contributed by atoms with Gasteiger partial charge in [-0.05, 0) is 54.6 Å². The summed E-state index contributed by atoms with van der Waals surface area (Å²) in [5.74, 6) is -1.46. The SMILES string of the molecule is CN(C)c1ccc(-n2cccc2/C=N\NC(=O)c2ccc(C#N)cc2F)cc1. The average molecular weight is 375 g/mol. The zero-order valence-electron chi connectivity index (χ0n) is 15.4. The number of hydrogen-bond acceptors (Lipinski definition) is 4. The highest BCUT2D eigenvalue weighted by Crippen LogP contribution is 2.17. The molecule has 0 radical (unpaired) electrons. The van der Waals surface area contributed by atoms with Gasteiger partial charge in [0.2, 0.25) is 0 Å². The first-order valence-corrected chi connectivity index (χ1v) is 8.48. The third-order valence-electron chi connectivity index (χ3n) is 4.13. The molecule has 1 N–H and O–H groups in total. The molecule has 7 heteroatoms. The van der Waals surface area contributed by atoms with Gasteiger partial charge in [0.25, 0.3) is 5.91 Å². The first kappa shape index (κ1) is 18.9. The van der Waals surface area contributed by atoms with E-state index in [0.29, 0.717) is 0 Å². The molecule has 3 rings (SSSR count). The minimum Gasteiger partial charge on any atom is -0.378 e. The second-order valence-corrected chi connectivity index (χ2v) is 6.22. The Bertz CT molecular complexity index is 1060. The molecule has 0 aliphatic carbocycles. The molecule has 1 aromatic heterocycles. The molecule has 0 aliphatic rings. The Morgan fingerprint density at radius 2 is 1.96 bits per heavy atom. The molecule has 1 amide bonds. The van der Waals surface area contributed by atoms with Crippen molar-refractivity contribution in [2.75, 3.05) is 19.0 Å². The van der Waals surface area contributed by atoms with Gasteiger partial charge in [0, 0.05) is 31.7 Å². The summed E-state index contributed by atoms with van der Waals surface area (Å²) in [7, 11) is 3.95. The van der Waals surface area contributed by atoms with Crippen molar-refractivity contribution in [1.29, 1.82) is 5.26 Å². The van der Waals surface area contributed by atoms with Crippen molar-refractivity contribution in [3.8, 4) is 11.8 Å². The fraction of sp³-hybridized carbons (Fsp3) is 0.0952. The number of rotatable bonds is 5. The number of anilines is 1. The highest BCUT2D eigenvalue weighted by Gasteiger charge is 2.11. The van der Waals surface area contributed by atoms with Gasteiger partial charge in [-0.2, -0.15) is 10.4 Å². The third-order valence-corrected chi connectivity index (χ3v) is 4.13. The minimum atomic E-state index is -0.767. The molecule has 28 heavy (non-hydrogen) atoms. The molecule has 1 heterocycles. The van der Waals surface area contributed by atoms with E-state index in [1.54, 1.807) is 0 Å².